The molecular weight excluding hydrogens is 323 g/mol. The summed E-state index contributed by atoms with van der Waals surface area (Å²) in [6, 6.07) is 15.6. The fraction of sp³-hybridized carbons (Fsp3) is 0.188. The van der Waals surface area contributed by atoms with Gasteiger partial charge in [0.15, 0.2) is 5.17 Å². The number of benzene rings is 2. The minimum atomic E-state index is 0.590. The number of nitrogens with zero attached hydrogens (tertiary/aromatic N) is 2. The largest absolute Gasteiger partial charge is 0.350 e. The number of rotatable bonds is 3. The van der Waals surface area contributed by atoms with E-state index in [2.05, 4.69) is 22.0 Å². The van der Waals surface area contributed by atoms with Crippen molar-refractivity contribution in [1.29, 1.82) is 0 Å². The van der Waals surface area contributed by atoms with Crippen molar-refractivity contribution in [2.45, 2.75) is 6.54 Å². The van der Waals surface area contributed by atoms with Crippen LogP contribution < -0.4 is 0 Å². The van der Waals surface area contributed by atoms with Gasteiger partial charge in [0.05, 0.1) is 5.69 Å². The average molecular weight is 339 g/mol. The summed E-state index contributed by atoms with van der Waals surface area (Å²) in [7, 11) is 2.02. The zero-order valence-corrected chi connectivity index (χ0v) is 14.2. The van der Waals surface area contributed by atoms with Crippen LogP contribution in [0.5, 0.6) is 0 Å². The first kappa shape index (κ1) is 16.2. The summed E-state index contributed by atoms with van der Waals surface area (Å²) in [5.41, 5.74) is 2.00. The fourth-order valence-electron chi connectivity index (χ4n) is 1.93. The van der Waals surface area contributed by atoms with Gasteiger partial charge in [-0.1, -0.05) is 65.3 Å². The van der Waals surface area contributed by atoms with E-state index in [4.69, 9.17) is 23.2 Å². The average Bonchev–Trinajstić information content (AvgIpc) is 2.44. The highest BCUT2D eigenvalue weighted by atomic mass is 35.5. The number of amidine groups is 1. The third kappa shape index (κ3) is 4.95. The van der Waals surface area contributed by atoms with Crippen LogP contribution in [-0.4, -0.2) is 23.4 Å². The fourth-order valence-corrected chi connectivity index (χ4v) is 3.01. The Morgan fingerprint density at radius 1 is 1.10 bits per heavy atom. The van der Waals surface area contributed by atoms with E-state index in [1.54, 1.807) is 30.0 Å². The van der Waals surface area contributed by atoms with E-state index in [-0.39, 0.29) is 0 Å². The predicted octanol–water partition coefficient (Wildman–Crippen LogP) is 5.48. The topological polar surface area (TPSA) is 15.6 Å². The van der Waals surface area contributed by atoms with Crippen LogP contribution in [0.25, 0.3) is 0 Å². The van der Waals surface area contributed by atoms with E-state index in [0.29, 0.717) is 10.0 Å². The van der Waals surface area contributed by atoms with Crippen molar-refractivity contribution in [3.63, 3.8) is 0 Å². The lowest BCUT2D eigenvalue weighted by Crippen LogP contribution is -2.23. The summed E-state index contributed by atoms with van der Waals surface area (Å²) in [5, 5.41) is 2.09. The second kappa shape index (κ2) is 7.74. The number of hydrogen-bond acceptors (Lipinski definition) is 2. The van der Waals surface area contributed by atoms with Gasteiger partial charge in [-0.15, -0.1) is 0 Å². The standard InChI is InChI=1S/C16H16Cl2N2S/c1-20(11-12-6-4-3-5-7-12)16(21-2)19-15-9-13(17)8-14(18)10-15/h3-10H,11H2,1-2H3. The SMILES string of the molecule is CSC(=Nc1cc(Cl)cc(Cl)c1)N(C)Cc1ccccc1. The van der Waals surface area contributed by atoms with Gasteiger partial charge < -0.3 is 4.90 Å². The number of hydrogen-bond donors (Lipinski definition) is 0. The molecule has 5 heteroatoms. The Morgan fingerprint density at radius 2 is 1.71 bits per heavy atom. The predicted molar refractivity (Wildman–Crippen MR) is 95.0 cm³/mol. The Kier molecular flexibility index (Phi) is 5.97. The molecule has 0 N–H and O–H groups in total. The van der Waals surface area contributed by atoms with Gasteiger partial charge in [-0.3, -0.25) is 0 Å². The Balaban J connectivity index is 2.19. The van der Waals surface area contributed by atoms with Crippen molar-refractivity contribution in [3.8, 4) is 0 Å². The van der Waals surface area contributed by atoms with E-state index < -0.39 is 0 Å². The molecule has 2 nitrogen and oxygen atoms in total. The summed E-state index contributed by atoms with van der Waals surface area (Å²) in [6.07, 6.45) is 2.01. The molecule has 0 aliphatic rings. The lowest BCUT2D eigenvalue weighted by Gasteiger charge is -2.20. The summed E-state index contributed by atoms with van der Waals surface area (Å²) in [4.78, 5) is 6.74. The summed E-state index contributed by atoms with van der Waals surface area (Å²) in [6.45, 7) is 0.800. The molecule has 0 amide bonds. The minimum absolute atomic E-state index is 0.590. The molecule has 21 heavy (non-hydrogen) atoms. The zero-order valence-electron chi connectivity index (χ0n) is 11.9. The molecule has 0 fully saturated rings. The van der Waals surface area contributed by atoms with Crippen LogP contribution in [0.1, 0.15) is 5.56 Å². The molecule has 2 aromatic carbocycles. The van der Waals surface area contributed by atoms with Crippen LogP contribution >= 0.6 is 35.0 Å². The molecule has 2 aromatic rings. The van der Waals surface area contributed by atoms with Gasteiger partial charge >= 0.3 is 0 Å². The molecule has 0 bridgehead atoms. The number of aliphatic imine (C=N–C) groups is 1. The van der Waals surface area contributed by atoms with Crippen LogP contribution in [0, 0.1) is 0 Å². The Labute approximate surface area is 139 Å². The molecule has 0 aliphatic heterocycles. The van der Waals surface area contributed by atoms with Gasteiger partial charge in [-0.25, -0.2) is 4.99 Å². The zero-order chi connectivity index (χ0) is 15.2. The first-order valence-electron chi connectivity index (χ1n) is 6.42. The van der Waals surface area contributed by atoms with Crippen molar-refractivity contribution in [3.05, 3.63) is 64.1 Å². The molecule has 0 spiro atoms. The first-order chi connectivity index (χ1) is 10.1. The Hall–Kier alpha value is -1.16. The van der Waals surface area contributed by atoms with Crippen LogP contribution in [0.3, 0.4) is 0 Å². The van der Waals surface area contributed by atoms with E-state index in [9.17, 15) is 0 Å². The van der Waals surface area contributed by atoms with Crippen molar-refractivity contribution in [1.82, 2.24) is 4.90 Å². The third-order valence-electron chi connectivity index (χ3n) is 2.84. The lowest BCUT2D eigenvalue weighted by atomic mass is 10.2. The summed E-state index contributed by atoms with van der Waals surface area (Å²) in [5.74, 6) is 0. The number of thioether (sulfide) groups is 1. The Morgan fingerprint density at radius 3 is 2.29 bits per heavy atom. The van der Waals surface area contributed by atoms with Gasteiger partial charge in [0.1, 0.15) is 0 Å². The van der Waals surface area contributed by atoms with Crippen LogP contribution in [0.4, 0.5) is 5.69 Å². The number of halogens is 2. The van der Waals surface area contributed by atoms with Crippen molar-refractivity contribution < 1.29 is 0 Å². The molecule has 0 aromatic heterocycles. The normalized spacial score (nSPS) is 11.5. The summed E-state index contributed by atoms with van der Waals surface area (Å²) >= 11 is 13.6. The van der Waals surface area contributed by atoms with E-state index in [1.165, 1.54) is 5.56 Å². The van der Waals surface area contributed by atoms with Gasteiger partial charge in [-0.05, 0) is 30.0 Å². The van der Waals surface area contributed by atoms with Crippen LogP contribution in [0.15, 0.2) is 53.5 Å². The van der Waals surface area contributed by atoms with Gasteiger partial charge in [-0.2, -0.15) is 0 Å². The highest BCUT2D eigenvalue weighted by Gasteiger charge is 2.07. The van der Waals surface area contributed by atoms with Gasteiger partial charge in [0, 0.05) is 23.6 Å². The highest BCUT2D eigenvalue weighted by Crippen LogP contribution is 2.26. The van der Waals surface area contributed by atoms with Crippen molar-refractivity contribution in [2.24, 2.45) is 4.99 Å². The maximum atomic E-state index is 6.01. The molecule has 0 radical (unpaired) electrons. The van der Waals surface area contributed by atoms with Crippen LogP contribution in [-0.2, 0) is 6.54 Å². The minimum Gasteiger partial charge on any atom is -0.350 e. The molecule has 0 atom stereocenters. The maximum Gasteiger partial charge on any atom is 0.164 e. The molecule has 0 unspecified atom stereocenters. The van der Waals surface area contributed by atoms with Gasteiger partial charge in [0.2, 0.25) is 0 Å². The van der Waals surface area contributed by atoms with E-state index >= 15 is 0 Å². The first-order valence-corrected chi connectivity index (χ1v) is 8.40. The summed E-state index contributed by atoms with van der Waals surface area (Å²) < 4.78 is 0. The smallest absolute Gasteiger partial charge is 0.164 e. The second-order valence-corrected chi connectivity index (χ2v) is 6.21. The van der Waals surface area contributed by atoms with E-state index in [1.807, 2.05) is 31.5 Å². The Bertz CT molecular complexity index is 609. The molecule has 0 saturated carbocycles. The molecular formula is C16H16Cl2N2S. The molecule has 0 saturated heterocycles. The van der Waals surface area contributed by atoms with Crippen LogP contribution in [0.2, 0.25) is 10.0 Å². The van der Waals surface area contributed by atoms with Crippen molar-refractivity contribution in [2.75, 3.05) is 13.3 Å². The quantitative estimate of drug-likeness (QED) is 0.544. The monoisotopic (exact) mass is 338 g/mol. The maximum absolute atomic E-state index is 6.01. The molecule has 0 aliphatic carbocycles. The second-order valence-electron chi connectivity index (χ2n) is 4.57. The van der Waals surface area contributed by atoms with Crippen molar-refractivity contribution >= 4 is 45.8 Å². The third-order valence-corrected chi connectivity index (χ3v) is 4.05. The highest BCUT2D eigenvalue weighted by molar-refractivity contribution is 8.13. The van der Waals surface area contributed by atoms with E-state index in [0.717, 1.165) is 17.4 Å². The molecule has 110 valence electrons. The molecule has 0 heterocycles. The lowest BCUT2D eigenvalue weighted by molar-refractivity contribution is 0.511. The molecule has 2 rings (SSSR count). The van der Waals surface area contributed by atoms with Gasteiger partial charge in [0.25, 0.3) is 0 Å².